The molecular formula is C7H7F3O2. The van der Waals surface area contributed by atoms with Crippen molar-refractivity contribution in [1.82, 2.24) is 0 Å². The maximum atomic E-state index is 11.7. The van der Waals surface area contributed by atoms with Gasteiger partial charge in [0.2, 0.25) is 0 Å². The van der Waals surface area contributed by atoms with Crippen LogP contribution in [0.1, 0.15) is 11.5 Å². The summed E-state index contributed by atoms with van der Waals surface area (Å²) in [6.45, 7) is -0.377. The highest BCUT2D eigenvalue weighted by Gasteiger charge is 2.29. The minimum absolute atomic E-state index is 0.147. The molecule has 0 fully saturated rings. The molecule has 0 saturated carbocycles. The zero-order valence-corrected chi connectivity index (χ0v) is 6.06. The highest BCUT2D eigenvalue weighted by atomic mass is 19.4. The number of hydrogen-bond acceptors (Lipinski definition) is 2. The van der Waals surface area contributed by atoms with E-state index in [0.29, 0.717) is 0 Å². The van der Waals surface area contributed by atoms with Gasteiger partial charge in [0.25, 0.3) is 0 Å². The summed E-state index contributed by atoms with van der Waals surface area (Å²) in [5.41, 5.74) is 0. The topological polar surface area (TPSA) is 33.4 Å². The highest BCUT2D eigenvalue weighted by molar-refractivity contribution is 5.07. The zero-order chi connectivity index (χ0) is 9.19. The molecule has 1 heterocycles. The minimum Gasteiger partial charge on any atom is -0.463 e. The van der Waals surface area contributed by atoms with Crippen molar-refractivity contribution >= 4 is 0 Å². The lowest BCUT2D eigenvalue weighted by Crippen LogP contribution is -2.10. The Morgan fingerprint density at radius 2 is 1.83 bits per heavy atom. The Bertz CT molecular complexity index is 251. The fraction of sp³-hybridized carbons (Fsp3) is 0.429. The van der Waals surface area contributed by atoms with Crippen molar-refractivity contribution in [3.8, 4) is 0 Å². The Morgan fingerprint density at radius 1 is 1.25 bits per heavy atom. The molecule has 1 aromatic heterocycles. The molecule has 1 aromatic rings. The van der Waals surface area contributed by atoms with E-state index in [1.807, 2.05) is 0 Å². The van der Waals surface area contributed by atoms with Crippen LogP contribution in [0.3, 0.4) is 0 Å². The van der Waals surface area contributed by atoms with Gasteiger partial charge in [0.05, 0.1) is 0 Å². The van der Waals surface area contributed by atoms with E-state index in [0.717, 1.165) is 0 Å². The number of furan rings is 1. The van der Waals surface area contributed by atoms with Crippen LogP contribution in [0.2, 0.25) is 0 Å². The third kappa shape index (κ3) is 2.58. The Hall–Kier alpha value is -0.970. The second-order valence-electron chi connectivity index (χ2n) is 2.32. The molecule has 5 heteroatoms. The van der Waals surface area contributed by atoms with Gasteiger partial charge in [-0.2, -0.15) is 13.2 Å². The van der Waals surface area contributed by atoms with E-state index in [2.05, 4.69) is 4.42 Å². The van der Waals surface area contributed by atoms with E-state index in [1.54, 1.807) is 0 Å². The van der Waals surface area contributed by atoms with E-state index >= 15 is 0 Å². The molecule has 68 valence electrons. The Labute approximate surface area is 66.6 Å². The summed E-state index contributed by atoms with van der Waals surface area (Å²) in [7, 11) is 0. The molecule has 12 heavy (non-hydrogen) atoms. The number of aliphatic hydroxyl groups excluding tert-OH is 1. The van der Waals surface area contributed by atoms with Crippen LogP contribution in [0.25, 0.3) is 0 Å². The molecule has 1 rings (SSSR count). The van der Waals surface area contributed by atoms with Crippen molar-refractivity contribution in [2.24, 2.45) is 0 Å². The lowest BCUT2D eigenvalue weighted by atomic mass is 10.3. The van der Waals surface area contributed by atoms with Gasteiger partial charge >= 0.3 is 6.18 Å². The highest BCUT2D eigenvalue weighted by Crippen LogP contribution is 2.22. The van der Waals surface area contributed by atoms with Gasteiger partial charge in [0.15, 0.2) is 0 Å². The molecule has 1 N–H and O–H groups in total. The molecule has 0 bridgehead atoms. The maximum Gasteiger partial charge on any atom is 0.396 e. The van der Waals surface area contributed by atoms with E-state index in [1.165, 1.54) is 12.1 Å². The fourth-order valence-corrected chi connectivity index (χ4v) is 0.800. The molecule has 0 radical (unpaired) electrons. The molecule has 0 aliphatic carbocycles. The second-order valence-corrected chi connectivity index (χ2v) is 2.32. The van der Waals surface area contributed by atoms with Crippen LogP contribution in [-0.4, -0.2) is 11.3 Å². The van der Waals surface area contributed by atoms with Crippen molar-refractivity contribution in [2.45, 2.75) is 19.2 Å². The van der Waals surface area contributed by atoms with Crippen LogP contribution in [0, 0.1) is 0 Å². The average molecular weight is 180 g/mol. The smallest absolute Gasteiger partial charge is 0.396 e. The Balaban J connectivity index is 2.64. The van der Waals surface area contributed by atoms with Crippen molar-refractivity contribution in [1.29, 1.82) is 0 Å². The molecular weight excluding hydrogens is 173 g/mol. The molecule has 0 spiro atoms. The number of aliphatic hydroxyl groups is 1. The van der Waals surface area contributed by atoms with Gasteiger partial charge in [0.1, 0.15) is 24.5 Å². The third-order valence-electron chi connectivity index (χ3n) is 1.25. The molecule has 0 atom stereocenters. The van der Waals surface area contributed by atoms with Crippen molar-refractivity contribution in [3.05, 3.63) is 23.7 Å². The fourth-order valence-electron chi connectivity index (χ4n) is 0.800. The van der Waals surface area contributed by atoms with Gasteiger partial charge < -0.3 is 9.52 Å². The molecule has 0 unspecified atom stereocenters. The van der Waals surface area contributed by atoms with Crippen molar-refractivity contribution in [3.63, 3.8) is 0 Å². The summed E-state index contributed by atoms with van der Waals surface area (Å²) < 4.78 is 39.8. The van der Waals surface area contributed by atoms with E-state index in [-0.39, 0.29) is 18.1 Å². The van der Waals surface area contributed by atoms with Gasteiger partial charge in [0, 0.05) is 0 Å². The monoisotopic (exact) mass is 180 g/mol. The number of alkyl halides is 3. The maximum absolute atomic E-state index is 11.7. The van der Waals surface area contributed by atoms with Gasteiger partial charge in [-0.1, -0.05) is 0 Å². The number of halogens is 3. The molecule has 0 amide bonds. The van der Waals surface area contributed by atoms with Crippen LogP contribution in [0.4, 0.5) is 13.2 Å². The summed E-state index contributed by atoms with van der Waals surface area (Å²) >= 11 is 0. The summed E-state index contributed by atoms with van der Waals surface area (Å²) in [5.74, 6) is -0.0270. The first-order chi connectivity index (χ1) is 5.51. The van der Waals surface area contributed by atoms with Crippen molar-refractivity contribution < 1.29 is 22.7 Å². The largest absolute Gasteiger partial charge is 0.463 e. The van der Waals surface area contributed by atoms with E-state index in [4.69, 9.17) is 5.11 Å². The first-order valence-corrected chi connectivity index (χ1v) is 3.26. The second kappa shape index (κ2) is 3.18. The summed E-state index contributed by atoms with van der Waals surface area (Å²) in [6, 6.07) is 2.53. The van der Waals surface area contributed by atoms with E-state index < -0.39 is 12.6 Å². The van der Waals surface area contributed by atoms with Gasteiger partial charge in [-0.3, -0.25) is 0 Å². The van der Waals surface area contributed by atoms with Crippen LogP contribution in [0.15, 0.2) is 16.5 Å². The summed E-state index contributed by atoms with van der Waals surface area (Å²) in [4.78, 5) is 0. The molecule has 2 nitrogen and oxygen atoms in total. The lowest BCUT2D eigenvalue weighted by molar-refractivity contribution is -0.130. The van der Waals surface area contributed by atoms with Gasteiger partial charge in [-0.25, -0.2) is 0 Å². The molecule has 0 aliphatic heterocycles. The Morgan fingerprint density at radius 3 is 2.25 bits per heavy atom. The number of hydrogen-bond donors (Lipinski definition) is 1. The minimum atomic E-state index is -4.26. The Kier molecular flexibility index (Phi) is 2.42. The normalized spacial score (nSPS) is 12.0. The first-order valence-electron chi connectivity index (χ1n) is 3.26. The van der Waals surface area contributed by atoms with Crippen LogP contribution in [-0.2, 0) is 13.0 Å². The average Bonchev–Trinajstić information content (AvgIpc) is 2.32. The van der Waals surface area contributed by atoms with E-state index in [9.17, 15) is 13.2 Å². The lowest BCUT2D eigenvalue weighted by Gasteiger charge is -2.01. The molecule has 0 aliphatic rings. The zero-order valence-electron chi connectivity index (χ0n) is 6.06. The molecule has 0 aromatic carbocycles. The molecule has 0 saturated heterocycles. The van der Waals surface area contributed by atoms with Crippen LogP contribution < -0.4 is 0 Å². The van der Waals surface area contributed by atoms with Gasteiger partial charge in [-0.15, -0.1) is 0 Å². The third-order valence-corrected chi connectivity index (χ3v) is 1.25. The summed E-state index contributed by atoms with van der Waals surface area (Å²) in [6.07, 6.45) is -5.35. The predicted molar refractivity (Wildman–Crippen MR) is 34.4 cm³/mol. The number of rotatable bonds is 2. The predicted octanol–water partition coefficient (Wildman–Crippen LogP) is 1.88. The SMILES string of the molecule is OCc1ccc(CC(F)(F)F)o1. The van der Waals surface area contributed by atoms with Crippen LogP contribution >= 0.6 is 0 Å². The van der Waals surface area contributed by atoms with Crippen molar-refractivity contribution in [2.75, 3.05) is 0 Å². The standard InChI is InChI=1S/C7H7F3O2/c8-7(9,10)3-5-1-2-6(4-11)12-5/h1-2,11H,3-4H2. The first kappa shape index (κ1) is 9.12. The summed E-state index contributed by atoms with van der Waals surface area (Å²) in [5, 5.41) is 8.47. The van der Waals surface area contributed by atoms with Gasteiger partial charge in [-0.05, 0) is 12.1 Å². The van der Waals surface area contributed by atoms with Crippen LogP contribution in [0.5, 0.6) is 0 Å². The quantitative estimate of drug-likeness (QED) is 0.753.